The molecule has 0 aliphatic carbocycles. The molecule has 1 amide bonds. The molecule has 0 atom stereocenters. The normalized spacial score (nSPS) is 10.5. The van der Waals surface area contributed by atoms with Crippen LogP contribution in [-0.4, -0.2) is 26.8 Å². The van der Waals surface area contributed by atoms with Crippen molar-refractivity contribution in [1.29, 1.82) is 0 Å². The Kier molecular flexibility index (Phi) is 5.07. The topological polar surface area (TPSA) is 98.0 Å². The predicted octanol–water partition coefficient (Wildman–Crippen LogP) is 2.47. The molecule has 0 spiro atoms. The van der Waals surface area contributed by atoms with E-state index in [9.17, 15) is 9.59 Å². The van der Waals surface area contributed by atoms with Crippen LogP contribution in [0.2, 0.25) is 0 Å². The molecule has 3 rings (SSSR count). The molecule has 0 radical (unpaired) electrons. The van der Waals surface area contributed by atoms with Crippen molar-refractivity contribution < 1.29 is 14.1 Å². The number of carbonyl (C=O) groups excluding carboxylic acids is 2. The monoisotopic (exact) mass is 342 g/mol. The number of hydrogen-bond acceptors (Lipinski definition) is 7. The summed E-state index contributed by atoms with van der Waals surface area (Å²) in [5.41, 5.74) is 0.785. The van der Waals surface area contributed by atoms with Crippen molar-refractivity contribution in [3.05, 3.63) is 52.8 Å². The molecule has 7 nitrogen and oxygen atoms in total. The second-order valence-corrected chi connectivity index (χ2v) is 5.87. The van der Waals surface area contributed by atoms with Crippen molar-refractivity contribution in [3.63, 3.8) is 0 Å². The van der Waals surface area contributed by atoms with Gasteiger partial charge >= 0.3 is 0 Å². The Morgan fingerprint density at radius 1 is 1.17 bits per heavy atom. The van der Waals surface area contributed by atoms with Crippen molar-refractivity contribution in [2.75, 3.05) is 0 Å². The second kappa shape index (κ2) is 7.60. The fraction of sp³-hybridized carbons (Fsp3) is 0.188. The molecule has 0 fully saturated rings. The smallest absolute Gasteiger partial charge is 0.246 e. The Morgan fingerprint density at radius 2 is 2.00 bits per heavy atom. The quantitative estimate of drug-likeness (QED) is 0.662. The van der Waals surface area contributed by atoms with Crippen molar-refractivity contribution in [3.8, 4) is 11.4 Å². The number of amides is 1. The number of Topliss-reactive ketones (excluding diaryl/α,β-unsaturated/α-hetero) is 1. The van der Waals surface area contributed by atoms with Gasteiger partial charge in [0.25, 0.3) is 0 Å². The summed E-state index contributed by atoms with van der Waals surface area (Å²) < 4.78 is 5.09. The Bertz CT molecular complexity index is 815. The van der Waals surface area contributed by atoms with Gasteiger partial charge in [0.1, 0.15) is 0 Å². The van der Waals surface area contributed by atoms with E-state index in [1.54, 1.807) is 30.6 Å². The summed E-state index contributed by atoms with van der Waals surface area (Å²) in [6.07, 6.45) is 3.58. The Balaban J connectivity index is 1.46. The standard InChI is InChI=1S/C16H14N4O3S/c21-12(13-2-1-9-24-13)3-4-14(22)18-10-15-19-16(20-23-15)11-5-7-17-8-6-11/h1-2,5-9H,3-4,10H2,(H,18,22). The van der Waals surface area contributed by atoms with Crippen LogP contribution in [0.1, 0.15) is 28.4 Å². The van der Waals surface area contributed by atoms with E-state index in [1.807, 2.05) is 11.4 Å². The lowest BCUT2D eigenvalue weighted by Gasteiger charge is -2.01. The van der Waals surface area contributed by atoms with Crippen LogP contribution in [0.3, 0.4) is 0 Å². The van der Waals surface area contributed by atoms with E-state index in [2.05, 4.69) is 20.4 Å². The van der Waals surface area contributed by atoms with Gasteiger partial charge in [-0.15, -0.1) is 11.3 Å². The molecule has 0 aromatic carbocycles. The largest absolute Gasteiger partial charge is 0.347 e. The Labute approximate surface area is 141 Å². The lowest BCUT2D eigenvalue weighted by atomic mass is 10.2. The molecule has 3 heterocycles. The average molecular weight is 342 g/mol. The first-order valence-electron chi connectivity index (χ1n) is 7.29. The third-order valence-corrected chi connectivity index (χ3v) is 4.13. The number of pyridine rings is 1. The summed E-state index contributed by atoms with van der Waals surface area (Å²) in [6.45, 7) is 0.129. The zero-order valence-corrected chi connectivity index (χ0v) is 13.5. The van der Waals surface area contributed by atoms with Crippen LogP contribution in [0.4, 0.5) is 0 Å². The molecule has 0 saturated heterocycles. The highest BCUT2D eigenvalue weighted by atomic mass is 32.1. The van der Waals surface area contributed by atoms with E-state index < -0.39 is 0 Å². The maximum absolute atomic E-state index is 11.8. The van der Waals surface area contributed by atoms with E-state index in [0.29, 0.717) is 16.6 Å². The highest BCUT2D eigenvalue weighted by Crippen LogP contribution is 2.14. The van der Waals surface area contributed by atoms with Gasteiger partial charge in [-0.2, -0.15) is 4.98 Å². The van der Waals surface area contributed by atoms with E-state index in [1.165, 1.54) is 11.3 Å². The van der Waals surface area contributed by atoms with Gasteiger partial charge in [-0.25, -0.2) is 0 Å². The average Bonchev–Trinajstić information content (AvgIpc) is 3.30. The summed E-state index contributed by atoms with van der Waals surface area (Å²) in [4.78, 5) is 32.4. The van der Waals surface area contributed by atoms with Gasteiger partial charge in [-0.1, -0.05) is 11.2 Å². The van der Waals surface area contributed by atoms with Crippen molar-refractivity contribution in [2.45, 2.75) is 19.4 Å². The minimum atomic E-state index is -0.233. The van der Waals surface area contributed by atoms with Crippen LogP contribution >= 0.6 is 11.3 Å². The maximum Gasteiger partial charge on any atom is 0.246 e. The number of aromatic nitrogens is 3. The highest BCUT2D eigenvalue weighted by Gasteiger charge is 2.12. The summed E-state index contributed by atoms with van der Waals surface area (Å²) in [7, 11) is 0. The second-order valence-electron chi connectivity index (χ2n) is 4.92. The fourth-order valence-corrected chi connectivity index (χ4v) is 2.69. The van der Waals surface area contributed by atoms with Crippen molar-refractivity contribution in [2.24, 2.45) is 0 Å². The molecule has 0 saturated carbocycles. The summed E-state index contributed by atoms with van der Waals surface area (Å²) in [5, 5.41) is 8.36. The lowest BCUT2D eigenvalue weighted by molar-refractivity contribution is -0.121. The van der Waals surface area contributed by atoms with Crippen LogP contribution in [0.15, 0.2) is 46.6 Å². The van der Waals surface area contributed by atoms with Crippen LogP contribution < -0.4 is 5.32 Å². The van der Waals surface area contributed by atoms with Crippen LogP contribution in [-0.2, 0) is 11.3 Å². The predicted molar refractivity (Wildman–Crippen MR) is 87.3 cm³/mol. The Morgan fingerprint density at radius 3 is 2.75 bits per heavy atom. The highest BCUT2D eigenvalue weighted by molar-refractivity contribution is 7.12. The molecular weight excluding hydrogens is 328 g/mol. The third kappa shape index (κ3) is 4.11. The number of nitrogens with one attached hydrogen (secondary N) is 1. The van der Waals surface area contributed by atoms with Crippen molar-refractivity contribution >= 4 is 23.0 Å². The number of thiophene rings is 1. The van der Waals surface area contributed by atoms with Gasteiger partial charge in [-0.3, -0.25) is 14.6 Å². The van der Waals surface area contributed by atoms with Gasteiger partial charge in [0, 0.05) is 30.8 Å². The zero-order valence-electron chi connectivity index (χ0n) is 12.6. The first-order chi connectivity index (χ1) is 11.7. The van der Waals surface area contributed by atoms with Gasteiger partial charge in [0.15, 0.2) is 5.78 Å². The van der Waals surface area contributed by atoms with E-state index in [-0.39, 0.29) is 31.1 Å². The maximum atomic E-state index is 11.8. The first-order valence-corrected chi connectivity index (χ1v) is 8.17. The minimum Gasteiger partial charge on any atom is -0.347 e. The van der Waals surface area contributed by atoms with Gasteiger partial charge < -0.3 is 9.84 Å². The number of carbonyl (C=O) groups is 2. The molecule has 0 aliphatic rings. The molecule has 3 aromatic rings. The molecule has 8 heteroatoms. The SMILES string of the molecule is O=C(CCC(=O)c1cccs1)NCc1nc(-c2ccncc2)no1. The molecule has 0 unspecified atom stereocenters. The molecule has 3 aromatic heterocycles. The van der Waals surface area contributed by atoms with Crippen molar-refractivity contribution in [1.82, 2.24) is 20.4 Å². The summed E-state index contributed by atoms with van der Waals surface area (Å²) in [5.74, 6) is 0.482. The zero-order chi connectivity index (χ0) is 16.8. The Hall–Kier alpha value is -2.87. The molecule has 122 valence electrons. The van der Waals surface area contributed by atoms with E-state index in [4.69, 9.17) is 4.52 Å². The first kappa shape index (κ1) is 16.0. The van der Waals surface area contributed by atoms with Crippen LogP contribution in [0.5, 0.6) is 0 Å². The molecular formula is C16H14N4O3S. The number of hydrogen-bond donors (Lipinski definition) is 1. The lowest BCUT2D eigenvalue weighted by Crippen LogP contribution is -2.23. The van der Waals surface area contributed by atoms with E-state index >= 15 is 0 Å². The minimum absolute atomic E-state index is 0.0297. The van der Waals surface area contributed by atoms with E-state index in [0.717, 1.165) is 5.56 Å². The van der Waals surface area contributed by atoms with Gasteiger partial charge in [0.05, 0.1) is 11.4 Å². The molecule has 0 bridgehead atoms. The fourth-order valence-electron chi connectivity index (χ4n) is 1.99. The molecule has 24 heavy (non-hydrogen) atoms. The van der Waals surface area contributed by atoms with Gasteiger partial charge in [0.2, 0.25) is 17.6 Å². The van der Waals surface area contributed by atoms with Crippen LogP contribution in [0.25, 0.3) is 11.4 Å². The summed E-state index contributed by atoms with van der Waals surface area (Å²) in [6, 6.07) is 7.10. The summed E-state index contributed by atoms with van der Waals surface area (Å²) >= 11 is 1.37. The number of ketones is 1. The molecule has 1 N–H and O–H groups in total. The third-order valence-electron chi connectivity index (χ3n) is 3.22. The number of nitrogens with zero attached hydrogens (tertiary/aromatic N) is 3. The van der Waals surface area contributed by atoms with Crippen LogP contribution in [0, 0.1) is 0 Å². The molecule has 0 aliphatic heterocycles. The van der Waals surface area contributed by atoms with Gasteiger partial charge in [-0.05, 0) is 23.6 Å². The number of rotatable bonds is 7.